The number of nitrogen functional groups attached to an aromatic ring is 1. The van der Waals surface area contributed by atoms with E-state index in [-0.39, 0.29) is 5.91 Å². The van der Waals surface area contributed by atoms with E-state index in [2.05, 4.69) is 15.0 Å². The second-order valence-corrected chi connectivity index (χ2v) is 5.06. The molecule has 2 aromatic heterocycles. The number of aryl methyl sites for hydroxylation is 1. The van der Waals surface area contributed by atoms with Gasteiger partial charge in [-0.15, -0.1) is 0 Å². The average molecular weight is 286 g/mol. The molecule has 110 valence electrons. The molecular weight excluding hydrogens is 268 g/mol. The van der Waals surface area contributed by atoms with Gasteiger partial charge in [0.25, 0.3) is 5.91 Å². The Morgan fingerprint density at radius 3 is 2.52 bits per heavy atom. The van der Waals surface area contributed by atoms with E-state index in [9.17, 15) is 4.79 Å². The van der Waals surface area contributed by atoms with Crippen molar-refractivity contribution in [2.75, 3.05) is 36.8 Å². The van der Waals surface area contributed by atoms with Crippen molar-refractivity contribution in [1.82, 2.24) is 19.7 Å². The maximum atomic E-state index is 12.4. The highest BCUT2D eigenvalue weighted by molar-refractivity contribution is 5.92. The lowest BCUT2D eigenvalue weighted by Crippen LogP contribution is -2.49. The molecule has 2 aromatic rings. The van der Waals surface area contributed by atoms with E-state index >= 15 is 0 Å². The molecule has 1 amide bonds. The second-order valence-electron chi connectivity index (χ2n) is 5.06. The number of nitrogens with two attached hydrogens (primary N) is 1. The van der Waals surface area contributed by atoms with Crippen LogP contribution in [0.3, 0.4) is 0 Å². The molecule has 7 nitrogen and oxygen atoms in total. The van der Waals surface area contributed by atoms with Gasteiger partial charge < -0.3 is 15.5 Å². The predicted molar refractivity (Wildman–Crippen MR) is 80.0 cm³/mol. The second kappa shape index (κ2) is 5.43. The molecule has 0 spiro atoms. The van der Waals surface area contributed by atoms with Crippen LogP contribution >= 0.6 is 0 Å². The Morgan fingerprint density at radius 2 is 1.95 bits per heavy atom. The van der Waals surface area contributed by atoms with Gasteiger partial charge in [0.1, 0.15) is 11.5 Å². The first-order valence-corrected chi connectivity index (χ1v) is 6.89. The number of anilines is 2. The van der Waals surface area contributed by atoms with Crippen LogP contribution in [0.1, 0.15) is 10.5 Å². The van der Waals surface area contributed by atoms with Gasteiger partial charge in [0.05, 0.1) is 11.9 Å². The maximum Gasteiger partial charge on any atom is 0.272 e. The summed E-state index contributed by atoms with van der Waals surface area (Å²) in [7, 11) is 1.78. The molecule has 1 saturated heterocycles. The average Bonchev–Trinajstić information content (AvgIpc) is 2.94. The number of piperazine rings is 1. The fraction of sp³-hybridized carbons (Fsp3) is 0.357. The zero-order chi connectivity index (χ0) is 14.8. The topological polar surface area (TPSA) is 80.3 Å². The van der Waals surface area contributed by atoms with Crippen LogP contribution in [0, 0.1) is 0 Å². The van der Waals surface area contributed by atoms with Crippen molar-refractivity contribution in [2.24, 2.45) is 7.05 Å². The molecule has 0 aromatic carbocycles. The van der Waals surface area contributed by atoms with Crippen molar-refractivity contribution < 1.29 is 4.79 Å². The number of nitrogens with zero attached hydrogens (tertiary/aromatic N) is 5. The van der Waals surface area contributed by atoms with Crippen LogP contribution in [0.25, 0.3) is 0 Å². The van der Waals surface area contributed by atoms with E-state index < -0.39 is 0 Å². The van der Waals surface area contributed by atoms with E-state index in [0.717, 1.165) is 18.8 Å². The Bertz CT molecular complexity index is 627. The highest BCUT2D eigenvalue weighted by atomic mass is 16.2. The molecule has 1 aliphatic rings. The van der Waals surface area contributed by atoms with Crippen LogP contribution in [-0.2, 0) is 7.05 Å². The van der Waals surface area contributed by atoms with Crippen molar-refractivity contribution in [2.45, 2.75) is 0 Å². The van der Waals surface area contributed by atoms with Crippen molar-refractivity contribution in [3.63, 3.8) is 0 Å². The van der Waals surface area contributed by atoms with Gasteiger partial charge in [-0.2, -0.15) is 5.10 Å². The van der Waals surface area contributed by atoms with Gasteiger partial charge in [0, 0.05) is 39.4 Å². The van der Waals surface area contributed by atoms with Crippen LogP contribution in [0.5, 0.6) is 0 Å². The minimum Gasteiger partial charge on any atom is -0.384 e. The van der Waals surface area contributed by atoms with E-state index in [1.807, 2.05) is 11.0 Å². The van der Waals surface area contributed by atoms with E-state index in [4.69, 9.17) is 5.73 Å². The number of hydrogen-bond acceptors (Lipinski definition) is 5. The molecule has 0 unspecified atom stereocenters. The van der Waals surface area contributed by atoms with Gasteiger partial charge in [-0.3, -0.25) is 9.48 Å². The molecule has 3 heterocycles. The highest BCUT2D eigenvalue weighted by Crippen LogP contribution is 2.17. The summed E-state index contributed by atoms with van der Waals surface area (Å²) in [4.78, 5) is 20.6. The largest absolute Gasteiger partial charge is 0.384 e. The SMILES string of the molecule is Cn1nccc1C(=O)N1CCN(c2ccc(N)nc2)CC1. The summed E-state index contributed by atoms with van der Waals surface area (Å²) in [5, 5.41) is 4.04. The van der Waals surface area contributed by atoms with Crippen LogP contribution in [0.2, 0.25) is 0 Å². The zero-order valence-electron chi connectivity index (χ0n) is 11.9. The first kappa shape index (κ1) is 13.4. The third-order valence-electron chi connectivity index (χ3n) is 3.74. The summed E-state index contributed by atoms with van der Waals surface area (Å²) < 4.78 is 1.61. The van der Waals surface area contributed by atoms with Gasteiger partial charge in [-0.25, -0.2) is 4.98 Å². The standard InChI is InChI=1S/C14H18N6O/c1-18-12(4-5-17-18)14(21)20-8-6-19(7-9-20)11-2-3-13(15)16-10-11/h2-5,10H,6-9H2,1H3,(H2,15,16). The highest BCUT2D eigenvalue weighted by Gasteiger charge is 2.23. The monoisotopic (exact) mass is 286 g/mol. The molecule has 1 fully saturated rings. The predicted octanol–water partition coefficient (Wildman–Crippen LogP) is 0.360. The number of rotatable bonds is 2. The number of carbonyl (C=O) groups is 1. The van der Waals surface area contributed by atoms with Gasteiger partial charge in [0.2, 0.25) is 0 Å². The van der Waals surface area contributed by atoms with Gasteiger partial charge in [-0.05, 0) is 18.2 Å². The summed E-state index contributed by atoms with van der Waals surface area (Å²) in [6, 6.07) is 5.50. The maximum absolute atomic E-state index is 12.4. The van der Waals surface area contributed by atoms with E-state index in [1.54, 1.807) is 36.3 Å². The molecule has 1 aliphatic heterocycles. The van der Waals surface area contributed by atoms with Gasteiger partial charge in [-0.1, -0.05) is 0 Å². The summed E-state index contributed by atoms with van der Waals surface area (Å²) in [6.45, 7) is 2.95. The Kier molecular flexibility index (Phi) is 3.47. The smallest absolute Gasteiger partial charge is 0.272 e. The summed E-state index contributed by atoms with van der Waals surface area (Å²) >= 11 is 0. The quantitative estimate of drug-likeness (QED) is 0.862. The summed E-state index contributed by atoms with van der Waals surface area (Å²) in [5.74, 6) is 0.550. The van der Waals surface area contributed by atoms with E-state index in [1.165, 1.54) is 0 Å². The lowest BCUT2D eigenvalue weighted by molar-refractivity contribution is 0.0735. The number of hydrogen-bond donors (Lipinski definition) is 1. The molecule has 0 bridgehead atoms. The number of amides is 1. The molecule has 0 aliphatic carbocycles. The molecule has 0 saturated carbocycles. The normalized spacial score (nSPS) is 15.3. The lowest BCUT2D eigenvalue weighted by Gasteiger charge is -2.35. The molecule has 3 rings (SSSR count). The van der Waals surface area contributed by atoms with Gasteiger partial charge in [0.15, 0.2) is 0 Å². The van der Waals surface area contributed by atoms with Crippen LogP contribution in [0.4, 0.5) is 11.5 Å². The minimum atomic E-state index is 0.0325. The lowest BCUT2D eigenvalue weighted by atomic mass is 10.2. The van der Waals surface area contributed by atoms with Crippen molar-refractivity contribution in [3.05, 3.63) is 36.3 Å². The van der Waals surface area contributed by atoms with Gasteiger partial charge >= 0.3 is 0 Å². The van der Waals surface area contributed by atoms with Crippen molar-refractivity contribution in [3.8, 4) is 0 Å². The fourth-order valence-corrected chi connectivity index (χ4v) is 2.50. The Balaban J connectivity index is 1.64. The fourth-order valence-electron chi connectivity index (χ4n) is 2.50. The molecule has 7 heteroatoms. The van der Waals surface area contributed by atoms with E-state index in [0.29, 0.717) is 24.6 Å². The Labute approximate surface area is 123 Å². The Hall–Kier alpha value is -2.57. The van der Waals surface area contributed by atoms with Crippen LogP contribution in [-0.4, -0.2) is 51.8 Å². The molecule has 21 heavy (non-hydrogen) atoms. The molecule has 2 N–H and O–H groups in total. The summed E-state index contributed by atoms with van der Waals surface area (Å²) in [5.41, 5.74) is 7.26. The van der Waals surface area contributed by atoms with Crippen molar-refractivity contribution >= 4 is 17.4 Å². The number of aromatic nitrogens is 3. The van der Waals surface area contributed by atoms with Crippen LogP contribution in [0.15, 0.2) is 30.6 Å². The number of pyridine rings is 1. The summed E-state index contributed by atoms with van der Waals surface area (Å²) in [6.07, 6.45) is 3.41. The zero-order valence-corrected chi connectivity index (χ0v) is 11.9. The third kappa shape index (κ3) is 2.67. The third-order valence-corrected chi connectivity index (χ3v) is 3.74. The molecule has 0 radical (unpaired) electrons. The number of carbonyl (C=O) groups excluding carboxylic acids is 1. The molecule has 0 atom stereocenters. The molecular formula is C14H18N6O. The first-order chi connectivity index (χ1) is 10.1. The van der Waals surface area contributed by atoms with Crippen molar-refractivity contribution in [1.29, 1.82) is 0 Å². The minimum absolute atomic E-state index is 0.0325. The Morgan fingerprint density at radius 1 is 1.19 bits per heavy atom. The van der Waals surface area contributed by atoms with Crippen LogP contribution < -0.4 is 10.6 Å². The first-order valence-electron chi connectivity index (χ1n) is 6.89.